The second kappa shape index (κ2) is 11.8. The molecule has 234 valence electrons. The van der Waals surface area contributed by atoms with Gasteiger partial charge < -0.3 is 14.6 Å². The molecule has 1 aliphatic rings. The van der Waals surface area contributed by atoms with Crippen molar-refractivity contribution in [2.75, 3.05) is 18.6 Å². The van der Waals surface area contributed by atoms with E-state index in [1.165, 1.54) is 18.0 Å². The number of nitrogens with zero attached hydrogens (tertiary/aromatic N) is 7. The fourth-order valence-electron chi connectivity index (χ4n) is 5.30. The molecule has 0 unspecified atom stereocenters. The van der Waals surface area contributed by atoms with Crippen LogP contribution in [0.4, 0.5) is 18.9 Å². The molecule has 0 bridgehead atoms. The molecule has 7 rings (SSSR count). The number of H-pyrrole nitrogens is 1. The Morgan fingerprint density at radius 2 is 1.87 bits per heavy atom. The van der Waals surface area contributed by atoms with E-state index in [9.17, 15) is 28.0 Å². The summed E-state index contributed by atoms with van der Waals surface area (Å²) in [6.07, 6.45) is -1.63. The summed E-state index contributed by atoms with van der Waals surface area (Å²) in [5, 5.41) is 14.4. The number of hydrogen-bond acceptors (Lipinski definition) is 9. The fourth-order valence-corrected chi connectivity index (χ4v) is 6.37. The first-order chi connectivity index (χ1) is 22.1. The van der Waals surface area contributed by atoms with Gasteiger partial charge in [0.2, 0.25) is 0 Å². The van der Waals surface area contributed by atoms with Crippen molar-refractivity contribution >= 4 is 38.0 Å². The molecule has 0 fully saturated rings. The normalized spacial score (nSPS) is 12.8. The van der Waals surface area contributed by atoms with E-state index in [0.29, 0.717) is 50.3 Å². The lowest BCUT2D eigenvalue weighted by molar-refractivity contribution is -0.145. The molecule has 0 amide bonds. The number of nitrogens with one attached hydrogen (secondary N) is 1. The second-order valence-electron chi connectivity index (χ2n) is 10.0. The molecular weight excluding hydrogens is 621 g/mol. The zero-order valence-corrected chi connectivity index (χ0v) is 25.5. The van der Waals surface area contributed by atoms with Crippen molar-refractivity contribution in [3.63, 3.8) is 0 Å². The van der Waals surface area contributed by atoms with E-state index in [4.69, 9.17) is 4.74 Å². The van der Waals surface area contributed by atoms with Gasteiger partial charge in [0.1, 0.15) is 16.3 Å². The number of benzene rings is 2. The van der Waals surface area contributed by atoms with Gasteiger partial charge in [-0.1, -0.05) is 19.9 Å². The van der Waals surface area contributed by atoms with Crippen molar-refractivity contribution in [1.29, 1.82) is 5.26 Å². The minimum Gasteiger partial charge on any atom is -0.497 e. The average molecular weight is 647 g/mol. The van der Waals surface area contributed by atoms with Gasteiger partial charge in [-0.25, -0.2) is 19.0 Å². The van der Waals surface area contributed by atoms with E-state index in [1.54, 1.807) is 48.7 Å². The maximum atomic E-state index is 13.8. The van der Waals surface area contributed by atoms with Gasteiger partial charge in [0.15, 0.2) is 0 Å². The molecule has 0 saturated heterocycles. The van der Waals surface area contributed by atoms with E-state index < -0.39 is 23.2 Å². The minimum absolute atomic E-state index is 0.0917. The first-order valence-corrected chi connectivity index (χ1v) is 15.0. The van der Waals surface area contributed by atoms with Crippen LogP contribution in [0.2, 0.25) is 0 Å². The van der Waals surface area contributed by atoms with Gasteiger partial charge in [0.05, 0.1) is 49.2 Å². The highest BCUT2D eigenvalue weighted by molar-refractivity contribution is 7.22. The molecule has 46 heavy (non-hydrogen) atoms. The number of halogens is 3. The van der Waals surface area contributed by atoms with Crippen molar-refractivity contribution in [3.05, 3.63) is 92.9 Å². The number of aromatic amines is 1. The number of anilines is 1. The number of fused-ring (bicyclic) bond motifs is 3. The van der Waals surface area contributed by atoms with Crippen molar-refractivity contribution in [3.8, 4) is 27.9 Å². The van der Waals surface area contributed by atoms with Crippen LogP contribution in [-0.4, -0.2) is 43.0 Å². The number of thiophene rings is 1. The number of methoxy groups -OCH3 is 1. The Kier molecular flexibility index (Phi) is 7.82. The molecule has 0 radical (unpaired) electrons. The zero-order valence-electron chi connectivity index (χ0n) is 24.7. The molecule has 0 aliphatic carbocycles. The van der Waals surface area contributed by atoms with E-state index in [-0.39, 0.29) is 29.3 Å². The van der Waals surface area contributed by atoms with Gasteiger partial charge >= 0.3 is 11.9 Å². The molecule has 1 aliphatic heterocycles. The molecule has 0 spiro atoms. The molecule has 11 nitrogen and oxygen atoms in total. The number of nitriles is 1. The van der Waals surface area contributed by atoms with E-state index in [2.05, 4.69) is 26.1 Å². The Balaban J connectivity index is 0.00000182. The van der Waals surface area contributed by atoms with Crippen LogP contribution < -0.4 is 20.9 Å². The largest absolute Gasteiger partial charge is 0.497 e. The Morgan fingerprint density at radius 3 is 2.61 bits per heavy atom. The summed E-state index contributed by atoms with van der Waals surface area (Å²) in [5.41, 5.74) is 0.945. The van der Waals surface area contributed by atoms with Crippen LogP contribution in [0.25, 0.3) is 37.1 Å². The summed E-state index contributed by atoms with van der Waals surface area (Å²) in [6.45, 7) is 4.67. The summed E-state index contributed by atoms with van der Waals surface area (Å²) in [5.74, 6) is -0.460. The average Bonchev–Trinajstić information content (AvgIpc) is 3.70. The predicted molar refractivity (Wildman–Crippen MR) is 167 cm³/mol. The van der Waals surface area contributed by atoms with E-state index in [1.807, 2.05) is 18.7 Å². The Bertz CT molecular complexity index is 2280. The van der Waals surface area contributed by atoms with Gasteiger partial charge in [-0.05, 0) is 36.4 Å². The molecule has 0 atom stereocenters. The molecule has 0 saturated carbocycles. The highest BCUT2D eigenvalue weighted by atomic mass is 32.1. The quantitative estimate of drug-likeness (QED) is 0.266. The lowest BCUT2D eigenvalue weighted by atomic mass is 10.1. The standard InChI is InChI=1S/C29H19F3N8O3S.C2H6/c1-43-18-5-3-15(11-33)20(9-18)23-10-21-25(44-23)26(41)40(28(42)35-21)22-13-34-12-16-2-4-17(8-19(16)22)38-6-7-39-24(14-38)36-27(37-39)29(30,31)32;1-2/h2-5,8-10,12-13H,6-7,14H2,1H3,(H,35,42);1-2H3. The minimum atomic E-state index is -4.64. The van der Waals surface area contributed by atoms with E-state index >= 15 is 0 Å². The SMILES string of the molecule is CC.COc1ccc(C#N)c(-c2cc3[nH]c(=O)n(-c4cncc5ccc(N6CCn7nc(C(F)(F)F)nc7C6)cc45)c(=O)c3s2)c1. The highest BCUT2D eigenvalue weighted by Gasteiger charge is 2.38. The summed E-state index contributed by atoms with van der Waals surface area (Å²) < 4.78 is 47.3. The summed E-state index contributed by atoms with van der Waals surface area (Å²) in [6, 6.07) is 14.1. The van der Waals surface area contributed by atoms with Crippen LogP contribution in [0.1, 0.15) is 31.1 Å². The molecule has 2 aromatic carbocycles. The lowest BCUT2D eigenvalue weighted by Crippen LogP contribution is -2.34. The molecular formula is C31H25F3N8O3S. The third-order valence-electron chi connectivity index (χ3n) is 7.43. The van der Waals surface area contributed by atoms with Crippen molar-refractivity contribution in [2.45, 2.75) is 33.1 Å². The van der Waals surface area contributed by atoms with Gasteiger partial charge in [0, 0.05) is 39.6 Å². The predicted octanol–water partition coefficient (Wildman–Crippen LogP) is 5.49. The van der Waals surface area contributed by atoms with Gasteiger partial charge in [-0.3, -0.25) is 9.78 Å². The second-order valence-corrected chi connectivity index (χ2v) is 11.1. The number of ether oxygens (including phenoxy) is 1. The van der Waals surface area contributed by atoms with Gasteiger partial charge in [-0.2, -0.15) is 18.4 Å². The molecule has 1 N–H and O–H groups in total. The van der Waals surface area contributed by atoms with Crippen LogP contribution in [0.15, 0.2) is 64.4 Å². The first-order valence-electron chi connectivity index (χ1n) is 14.2. The summed E-state index contributed by atoms with van der Waals surface area (Å²) >= 11 is 1.14. The maximum Gasteiger partial charge on any atom is 0.453 e. The number of rotatable bonds is 4. The van der Waals surface area contributed by atoms with Crippen LogP contribution in [0.5, 0.6) is 5.75 Å². The van der Waals surface area contributed by atoms with Crippen molar-refractivity contribution in [1.82, 2.24) is 29.3 Å². The van der Waals surface area contributed by atoms with E-state index in [0.717, 1.165) is 15.9 Å². The molecule has 5 heterocycles. The Labute approximate surface area is 262 Å². The smallest absolute Gasteiger partial charge is 0.453 e. The molecule has 15 heteroatoms. The number of pyridine rings is 1. The third-order valence-corrected chi connectivity index (χ3v) is 8.59. The summed E-state index contributed by atoms with van der Waals surface area (Å²) in [7, 11) is 1.51. The van der Waals surface area contributed by atoms with Crippen molar-refractivity contribution in [2.24, 2.45) is 0 Å². The van der Waals surface area contributed by atoms with Crippen LogP contribution >= 0.6 is 11.3 Å². The van der Waals surface area contributed by atoms with Crippen LogP contribution in [0.3, 0.4) is 0 Å². The number of alkyl halides is 3. The topological polar surface area (TPSA) is 135 Å². The molecule has 4 aromatic heterocycles. The Morgan fingerprint density at radius 1 is 1.07 bits per heavy atom. The van der Waals surface area contributed by atoms with Gasteiger partial charge in [-0.15, -0.1) is 16.4 Å². The lowest BCUT2D eigenvalue weighted by Gasteiger charge is -2.29. The highest BCUT2D eigenvalue weighted by Crippen LogP contribution is 2.35. The maximum absolute atomic E-state index is 13.8. The zero-order chi connectivity index (χ0) is 32.7. The number of hydrogen-bond donors (Lipinski definition) is 1. The Hall–Kier alpha value is -5.49. The van der Waals surface area contributed by atoms with Crippen LogP contribution in [0, 0.1) is 11.3 Å². The molecule has 6 aromatic rings. The van der Waals surface area contributed by atoms with Crippen LogP contribution in [-0.2, 0) is 19.3 Å². The summed E-state index contributed by atoms with van der Waals surface area (Å²) in [4.78, 5) is 40.4. The fraction of sp³-hybridized carbons (Fsp3) is 0.226. The monoisotopic (exact) mass is 646 g/mol. The van der Waals surface area contributed by atoms with Gasteiger partial charge in [0.25, 0.3) is 11.4 Å². The first kappa shape index (κ1) is 30.5. The third kappa shape index (κ3) is 5.26. The number of aromatic nitrogens is 6. The van der Waals surface area contributed by atoms with Crippen molar-refractivity contribution < 1.29 is 17.9 Å².